The maximum absolute atomic E-state index is 13.5. The SMILES string of the molecule is Cc1cc(C(=O)Nc2ccc3cn[nH]c3c2)c(C)n1-c1ccccc1C(F)(F)F. The van der Waals surface area contributed by atoms with E-state index in [4.69, 9.17) is 0 Å². The molecule has 2 N–H and O–H groups in total. The molecule has 0 aliphatic rings. The topological polar surface area (TPSA) is 62.7 Å². The van der Waals surface area contributed by atoms with Gasteiger partial charge in [0.2, 0.25) is 0 Å². The molecule has 0 aliphatic heterocycles. The van der Waals surface area contributed by atoms with E-state index in [2.05, 4.69) is 15.5 Å². The number of fused-ring (bicyclic) bond motifs is 1. The van der Waals surface area contributed by atoms with E-state index in [1.807, 2.05) is 6.07 Å². The van der Waals surface area contributed by atoms with Crippen molar-refractivity contribution in [2.75, 3.05) is 5.32 Å². The molecule has 0 bridgehead atoms. The Morgan fingerprint density at radius 3 is 2.62 bits per heavy atom. The van der Waals surface area contributed by atoms with Crippen molar-refractivity contribution in [2.45, 2.75) is 20.0 Å². The molecule has 0 spiro atoms. The minimum Gasteiger partial charge on any atom is -0.322 e. The first-order valence-corrected chi connectivity index (χ1v) is 8.86. The number of aryl methyl sites for hydroxylation is 1. The molecule has 0 atom stereocenters. The third kappa shape index (κ3) is 3.37. The number of hydrogen-bond donors (Lipinski definition) is 2. The number of aromatic amines is 1. The number of anilines is 1. The van der Waals surface area contributed by atoms with Crippen molar-refractivity contribution in [2.24, 2.45) is 0 Å². The lowest BCUT2D eigenvalue weighted by Gasteiger charge is -2.16. The van der Waals surface area contributed by atoms with Crippen molar-refractivity contribution in [1.82, 2.24) is 14.8 Å². The molecule has 2 aromatic heterocycles. The number of amides is 1. The molecule has 5 nitrogen and oxygen atoms in total. The molecule has 4 aromatic rings. The number of nitrogens with one attached hydrogen (secondary N) is 2. The quantitative estimate of drug-likeness (QED) is 0.496. The summed E-state index contributed by atoms with van der Waals surface area (Å²) in [5.41, 5.74) is 1.85. The Kier molecular flexibility index (Phi) is 4.41. The highest BCUT2D eigenvalue weighted by molar-refractivity contribution is 6.06. The van der Waals surface area contributed by atoms with E-state index in [1.54, 1.807) is 44.3 Å². The van der Waals surface area contributed by atoms with Gasteiger partial charge in [-0.15, -0.1) is 0 Å². The predicted molar refractivity (Wildman–Crippen MR) is 104 cm³/mol. The third-order valence-electron chi connectivity index (χ3n) is 4.83. The van der Waals surface area contributed by atoms with Crippen LogP contribution in [0.3, 0.4) is 0 Å². The summed E-state index contributed by atoms with van der Waals surface area (Å²) >= 11 is 0. The number of aromatic nitrogens is 3. The lowest BCUT2D eigenvalue weighted by atomic mass is 10.1. The van der Waals surface area contributed by atoms with Crippen LogP contribution in [0.5, 0.6) is 0 Å². The maximum atomic E-state index is 13.5. The van der Waals surface area contributed by atoms with Crippen LogP contribution in [0.15, 0.2) is 54.7 Å². The number of alkyl halides is 3. The first-order valence-electron chi connectivity index (χ1n) is 8.86. The van der Waals surface area contributed by atoms with E-state index in [1.165, 1.54) is 16.7 Å². The molecular formula is C21H17F3N4O. The smallest absolute Gasteiger partial charge is 0.322 e. The number of nitrogens with zero attached hydrogens (tertiary/aromatic N) is 2. The van der Waals surface area contributed by atoms with Gasteiger partial charge in [-0.3, -0.25) is 9.89 Å². The Labute approximate surface area is 164 Å². The van der Waals surface area contributed by atoms with Gasteiger partial charge in [0.25, 0.3) is 5.91 Å². The van der Waals surface area contributed by atoms with Gasteiger partial charge in [0.05, 0.1) is 28.5 Å². The van der Waals surface area contributed by atoms with Crippen molar-refractivity contribution in [3.05, 3.63) is 77.2 Å². The second-order valence-electron chi connectivity index (χ2n) is 6.76. The number of carbonyl (C=O) groups excluding carboxylic acids is 1. The second kappa shape index (κ2) is 6.80. The molecule has 0 aliphatic carbocycles. The highest BCUT2D eigenvalue weighted by atomic mass is 19.4. The van der Waals surface area contributed by atoms with Gasteiger partial charge >= 0.3 is 6.18 Å². The van der Waals surface area contributed by atoms with Gasteiger partial charge in [-0.2, -0.15) is 18.3 Å². The molecule has 29 heavy (non-hydrogen) atoms. The summed E-state index contributed by atoms with van der Waals surface area (Å²) in [6, 6.07) is 12.2. The van der Waals surface area contributed by atoms with Crippen LogP contribution >= 0.6 is 0 Å². The summed E-state index contributed by atoms with van der Waals surface area (Å²) in [6.07, 6.45) is -2.83. The zero-order valence-corrected chi connectivity index (χ0v) is 15.6. The summed E-state index contributed by atoms with van der Waals surface area (Å²) in [4.78, 5) is 12.8. The average Bonchev–Trinajstić information content (AvgIpc) is 3.24. The molecule has 0 saturated heterocycles. The minimum absolute atomic E-state index is 0.00655. The Balaban J connectivity index is 1.71. The van der Waals surface area contributed by atoms with E-state index in [-0.39, 0.29) is 5.69 Å². The number of H-pyrrole nitrogens is 1. The van der Waals surface area contributed by atoms with Crippen molar-refractivity contribution in [3.63, 3.8) is 0 Å². The summed E-state index contributed by atoms with van der Waals surface area (Å²) in [5.74, 6) is -0.396. The van der Waals surface area contributed by atoms with E-state index >= 15 is 0 Å². The Morgan fingerprint density at radius 1 is 1.10 bits per heavy atom. The van der Waals surface area contributed by atoms with Crippen molar-refractivity contribution in [1.29, 1.82) is 0 Å². The zero-order chi connectivity index (χ0) is 20.8. The minimum atomic E-state index is -4.50. The van der Waals surface area contributed by atoms with E-state index in [0.29, 0.717) is 22.6 Å². The fraction of sp³-hybridized carbons (Fsp3) is 0.143. The molecule has 2 heterocycles. The highest BCUT2D eigenvalue weighted by Crippen LogP contribution is 2.35. The first-order chi connectivity index (χ1) is 13.8. The van der Waals surface area contributed by atoms with Crippen LogP contribution in [0.2, 0.25) is 0 Å². The van der Waals surface area contributed by atoms with Crippen molar-refractivity contribution >= 4 is 22.5 Å². The Hall–Kier alpha value is -3.55. The van der Waals surface area contributed by atoms with Gasteiger partial charge < -0.3 is 9.88 Å². The van der Waals surface area contributed by atoms with Crippen LogP contribution in [-0.4, -0.2) is 20.7 Å². The molecule has 4 rings (SSSR count). The fourth-order valence-corrected chi connectivity index (χ4v) is 3.48. The molecule has 1 amide bonds. The van der Waals surface area contributed by atoms with Crippen LogP contribution < -0.4 is 5.32 Å². The molecular weight excluding hydrogens is 381 g/mol. The number of hydrogen-bond acceptors (Lipinski definition) is 2. The van der Waals surface area contributed by atoms with Gasteiger partial charge in [0.15, 0.2) is 0 Å². The third-order valence-corrected chi connectivity index (χ3v) is 4.83. The number of carbonyl (C=O) groups is 1. The van der Waals surface area contributed by atoms with Crippen LogP contribution in [0.1, 0.15) is 27.3 Å². The first kappa shape index (κ1) is 18.8. The average molecular weight is 398 g/mol. The van der Waals surface area contributed by atoms with Gasteiger partial charge in [-0.1, -0.05) is 12.1 Å². The summed E-state index contributed by atoms with van der Waals surface area (Å²) in [5, 5.41) is 10.5. The van der Waals surface area contributed by atoms with Crippen molar-refractivity contribution < 1.29 is 18.0 Å². The number of rotatable bonds is 3. The maximum Gasteiger partial charge on any atom is 0.418 e. The second-order valence-corrected chi connectivity index (χ2v) is 6.76. The summed E-state index contributed by atoms with van der Waals surface area (Å²) in [6.45, 7) is 3.31. The van der Waals surface area contributed by atoms with Crippen LogP contribution in [0.4, 0.5) is 18.9 Å². The normalized spacial score (nSPS) is 11.8. The largest absolute Gasteiger partial charge is 0.418 e. The Morgan fingerprint density at radius 2 is 1.86 bits per heavy atom. The molecule has 0 saturated carbocycles. The molecule has 8 heteroatoms. The summed E-state index contributed by atoms with van der Waals surface area (Å²) < 4.78 is 41.8. The number of halogens is 3. The van der Waals surface area contributed by atoms with Crippen molar-refractivity contribution in [3.8, 4) is 5.69 Å². The van der Waals surface area contributed by atoms with Crippen LogP contribution in [0, 0.1) is 13.8 Å². The monoisotopic (exact) mass is 398 g/mol. The molecule has 0 unspecified atom stereocenters. The molecule has 148 valence electrons. The number of benzene rings is 2. The lowest BCUT2D eigenvalue weighted by Crippen LogP contribution is -2.14. The highest BCUT2D eigenvalue weighted by Gasteiger charge is 2.34. The molecule has 0 fully saturated rings. The van der Waals surface area contributed by atoms with Gasteiger partial charge in [0.1, 0.15) is 0 Å². The zero-order valence-electron chi connectivity index (χ0n) is 15.6. The van der Waals surface area contributed by atoms with Gasteiger partial charge in [-0.05, 0) is 50.2 Å². The predicted octanol–water partition coefficient (Wildman–Crippen LogP) is 5.24. The Bertz CT molecular complexity index is 1220. The standard InChI is InChI=1S/C21H17F3N4O/c1-12-9-16(20(29)26-15-8-7-14-11-25-27-18(14)10-15)13(2)28(12)19-6-4-3-5-17(19)21(22,23)24/h3-11H,1-2H3,(H,25,27)(H,26,29). The van der Waals surface area contributed by atoms with E-state index in [9.17, 15) is 18.0 Å². The molecule has 0 radical (unpaired) electrons. The van der Waals surface area contributed by atoms with E-state index in [0.717, 1.165) is 17.0 Å². The molecule has 2 aromatic carbocycles. The van der Waals surface area contributed by atoms with E-state index < -0.39 is 17.6 Å². The lowest BCUT2D eigenvalue weighted by molar-refractivity contribution is -0.137. The van der Waals surface area contributed by atoms with Crippen LogP contribution in [-0.2, 0) is 6.18 Å². The van der Waals surface area contributed by atoms with Crippen LogP contribution in [0.25, 0.3) is 16.6 Å². The van der Waals surface area contributed by atoms with Gasteiger partial charge in [0, 0.05) is 22.5 Å². The number of para-hydroxylation sites is 1. The van der Waals surface area contributed by atoms with Gasteiger partial charge in [-0.25, -0.2) is 0 Å². The summed E-state index contributed by atoms with van der Waals surface area (Å²) in [7, 11) is 0. The fourth-order valence-electron chi connectivity index (χ4n) is 3.48.